The van der Waals surface area contributed by atoms with E-state index in [9.17, 15) is 14.4 Å². The van der Waals surface area contributed by atoms with Crippen molar-refractivity contribution in [1.29, 1.82) is 0 Å². The van der Waals surface area contributed by atoms with Crippen molar-refractivity contribution in [2.75, 3.05) is 5.43 Å². The Morgan fingerprint density at radius 3 is 2.85 bits per heavy atom. The molecule has 0 unspecified atom stereocenters. The lowest BCUT2D eigenvalue weighted by Gasteiger charge is -2.01. The molecule has 0 saturated carbocycles. The minimum atomic E-state index is -0.522. The van der Waals surface area contributed by atoms with Gasteiger partial charge >= 0.3 is 5.69 Å². The summed E-state index contributed by atoms with van der Waals surface area (Å²) in [5, 5.41) is 3.82. The van der Waals surface area contributed by atoms with Crippen molar-refractivity contribution in [3.05, 3.63) is 55.2 Å². The molecular weight excluding hydrogens is 264 g/mol. The Balaban J connectivity index is 2.02. The van der Waals surface area contributed by atoms with Crippen LogP contribution in [0.15, 0.2) is 37.8 Å². The maximum atomic E-state index is 11.4. The number of nitrogens with one attached hydrogen (secondary N) is 3. The summed E-state index contributed by atoms with van der Waals surface area (Å²) < 4.78 is 1.26. The molecule has 0 aliphatic heterocycles. The van der Waals surface area contributed by atoms with E-state index in [0.29, 0.717) is 5.69 Å². The predicted octanol–water partition coefficient (Wildman–Crippen LogP) is -0.974. The second-order valence-corrected chi connectivity index (χ2v) is 3.92. The molecule has 0 amide bonds. The van der Waals surface area contributed by atoms with Crippen LogP contribution in [0.1, 0.15) is 5.69 Å². The van der Waals surface area contributed by atoms with E-state index in [1.807, 2.05) is 0 Å². The van der Waals surface area contributed by atoms with Crippen molar-refractivity contribution in [1.82, 2.24) is 19.5 Å². The van der Waals surface area contributed by atoms with Crippen LogP contribution in [0.25, 0.3) is 0 Å². The van der Waals surface area contributed by atoms with Gasteiger partial charge in [0, 0.05) is 30.2 Å². The smallest absolute Gasteiger partial charge is 0.295 e. The molecule has 9 heteroatoms. The van der Waals surface area contributed by atoms with Crippen LogP contribution in [0.4, 0.5) is 5.95 Å². The minimum Gasteiger partial charge on any atom is -0.295 e. The Labute approximate surface area is 112 Å². The van der Waals surface area contributed by atoms with E-state index in [-0.39, 0.29) is 18.1 Å². The van der Waals surface area contributed by atoms with E-state index in [2.05, 4.69) is 25.5 Å². The van der Waals surface area contributed by atoms with Gasteiger partial charge in [0.15, 0.2) is 0 Å². The SMILES string of the molecule is Cc1cc(=O)[nH]c(N/N=C\Cn2ccc(=O)[nH]c2=O)n1. The number of anilines is 1. The lowest BCUT2D eigenvalue weighted by Crippen LogP contribution is -2.29. The van der Waals surface area contributed by atoms with Crippen LogP contribution in [-0.4, -0.2) is 25.7 Å². The molecular formula is C11H12N6O3. The average Bonchev–Trinajstić information content (AvgIpc) is 2.35. The third-order valence-electron chi connectivity index (χ3n) is 2.31. The maximum Gasteiger partial charge on any atom is 0.328 e. The fourth-order valence-electron chi connectivity index (χ4n) is 1.46. The molecule has 20 heavy (non-hydrogen) atoms. The quantitative estimate of drug-likeness (QED) is 0.489. The monoisotopic (exact) mass is 276 g/mol. The van der Waals surface area contributed by atoms with Gasteiger partial charge in [-0.1, -0.05) is 0 Å². The van der Waals surface area contributed by atoms with Gasteiger partial charge in [-0.3, -0.25) is 24.1 Å². The molecule has 0 saturated heterocycles. The van der Waals surface area contributed by atoms with Gasteiger partial charge in [-0.15, -0.1) is 0 Å². The molecule has 2 rings (SSSR count). The van der Waals surface area contributed by atoms with E-state index in [4.69, 9.17) is 0 Å². The van der Waals surface area contributed by atoms with E-state index in [0.717, 1.165) is 0 Å². The highest BCUT2D eigenvalue weighted by atomic mass is 16.2. The summed E-state index contributed by atoms with van der Waals surface area (Å²) in [6.45, 7) is 1.85. The first-order valence-electron chi connectivity index (χ1n) is 5.70. The molecule has 0 radical (unpaired) electrons. The zero-order valence-electron chi connectivity index (χ0n) is 10.6. The first-order chi connectivity index (χ1) is 9.54. The lowest BCUT2D eigenvalue weighted by molar-refractivity contribution is 0.764. The van der Waals surface area contributed by atoms with Crippen LogP contribution in [0.3, 0.4) is 0 Å². The third kappa shape index (κ3) is 3.51. The second-order valence-electron chi connectivity index (χ2n) is 3.92. The second kappa shape index (κ2) is 5.78. The van der Waals surface area contributed by atoms with Crippen molar-refractivity contribution in [2.45, 2.75) is 13.5 Å². The number of rotatable bonds is 4. The number of hydrogen-bond acceptors (Lipinski definition) is 6. The first-order valence-corrected chi connectivity index (χ1v) is 5.70. The van der Waals surface area contributed by atoms with Gasteiger partial charge < -0.3 is 0 Å². The molecule has 2 aromatic rings. The van der Waals surface area contributed by atoms with Crippen LogP contribution in [0.2, 0.25) is 0 Å². The highest BCUT2D eigenvalue weighted by molar-refractivity contribution is 5.58. The molecule has 0 atom stereocenters. The normalized spacial score (nSPS) is 10.8. The van der Waals surface area contributed by atoms with Crippen molar-refractivity contribution in [3.8, 4) is 0 Å². The fourth-order valence-corrected chi connectivity index (χ4v) is 1.46. The van der Waals surface area contributed by atoms with Crippen molar-refractivity contribution < 1.29 is 0 Å². The molecule has 9 nitrogen and oxygen atoms in total. The van der Waals surface area contributed by atoms with E-state index < -0.39 is 11.2 Å². The molecule has 0 aliphatic carbocycles. The van der Waals surface area contributed by atoms with Gasteiger partial charge in [-0.25, -0.2) is 15.2 Å². The van der Waals surface area contributed by atoms with Gasteiger partial charge in [-0.05, 0) is 6.92 Å². The van der Waals surface area contributed by atoms with Crippen LogP contribution >= 0.6 is 0 Å². The fraction of sp³-hybridized carbons (Fsp3) is 0.182. The third-order valence-corrected chi connectivity index (χ3v) is 2.31. The zero-order chi connectivity index (χ0) is 14.5. The summed E-state index contributed by atoms with van der Waals surface area (Å²) in [4.78, 5) is 42.0. The summed E-state index contributed by atoms with van der Waals surface area (Å²) in [5.74, 6) is 0.208. The summed E-state index contributed by atoms with van der Waals surface area (Å²) in [7, 11) is 0. The molecule has 0 spiro atoms. The highest BCUT2D eigenvalue weighted by Gasteiger charge is 1.96. The Morgan fingerprint density at radius 2 is 2.15 bits per heavy atom. The highest BCUT2D eigenvalue weighted by Crippen LogP contribution is 1.94. The standard InChI is InChI=1S/C11H12N6O3/c1-7-6-9(19)14-10(13-7)16-12-3-5-17-4-2-8(18)15-11(17)20/h2-4,6H,5H2,1H3,(H,15,18,20)(H2,13,14,16,19)/b12-3-. The lowest BCUT2D eigenvalue weighted by atomic mass is 10.5. The number of aromatic amines is 2. The summed E-state index contributed by atoms with van der Waals surface area (Å²) >= 11 is 0. The number of hydrazone groups is 1. The zero-order valence-corrected chi connectivity index (χ0v) is 10.6. The van der Waals surface area contributed by atoms with E-state index in [1.165, 1.54) is 29.1 Å². The number of hydrogen-bond donors (Lipinski definition) is 3. The molecule has 3 N–H and O–H groups in total. The Morgan fingerprint density at radius 1 is 1.35 bits per heavy atom. The molecule has 2 heterocycles. The van der Waals surface area contributed by atoms with Gasteiger partial charge in [0.25, 0.3) is 11.1 Å². The van der Waals surface area contributed by atoms with Crippen LogP contribution in [0, 0.1) is 6.92 Å². The topological polar surface area (TPSA) is 125 Å². The van der Waals surface area contributed by atoms with Crippen LogP contribution in [0.5, 0.6) is 0 Å². The predicted molar refractivity (Wildman–Crippen MR) is 73.0 cm³/mol. The van der Waals surface area contributed by atoms with Gasteiger partial charge in [0.1, 0.15) is 0 Å². The van der Waals surface area contributed by atoms with E-state index in [1.54, 1.807) is 6.92 Å². The molecule has 104 valence electrons. The average molecular weight is 276 g/mol. The molecule has 0 aliphatic rings. The summed E-state index contributed by atoms with van der Waals surface area (Å²) in [6, 6.07) is 2.59. The minimum absolute atomic E-state index is 0.165. The van der Waals surface area contributed by atoms with Crippen molar-refractivity contribution >= 4 is 12.2 Å². The number of nitrogens with zero attached hydrogens (tertiary/aromatic N) is 3. The van der Waals surface area contributed by atoms with Crippen LogP contribution in [-0.2, 0) is 6.54 Å². The van der Waals surface area contributed by atoms with Gasteiger partial charge in [0.2, 0.25) is 5.95 Å². The molecule has 0 bridgehead atoms. The molecule has 0 fully saturated rings. The largest absolute Gasteiger partial charge is 0.328 e. The summed E-state index contributed by atoms with van der Waals surface area (Å²) in [5.41, 5.74) is 1.84. The Kier molecular flexibility index (Phi) is 3.89. The molecule has 0 aromatic carbocycles. The van der Waals surface area contributed by atoms with Gasteiger partial charge in [-0.2, -0.15) is 5.10 Å². The number of H-pyrrole nitrogens is 2. The maximum absolute atomic E-state index is 11.4. The summed E-state index contributed by atoms with van der Waals surface area (Å²) in [6.07, 6.45) is 2.77. The van der Waals surface area contributed by atoms with Gasteiger partial charge in [0.05, 0.1) is 6.54 Å². The van der Waals surface area contributed by atoms with Crippen molar-refractivity contribution in [3.63, 3.8) is 0 Å². The number of aryl methyl sites for hydroxylation is 1. The van der Waals surface area contributed by atoms with Crippen molar-refractivity contribution in [2.24, 2.45) is 5.10 Å². The first kappa shape index (κ1) is 13.5. The Bertz CT molecular complexity index is 801. The number of aromatic nitrogens is 4. The Hall–Kier alpha value is -2.97. The van der Waals surface area contributed by atoms with E-state index >= 15 is 0 Å². The molecule has 2 aromatic heterocycles. The van der Waals surface area contributed by atoms with Crippen LogP contribution < -0.4 is 22.2 Å².